The smallest absolute Gasteiger partial charge is 0.182 e. The van der Waals surface area contributed by atoms with Crippen molar-refractivity contribution in [3.63, 3.8) is 0 Å². The van der Waals surface area contributed by atoms with Gasteiger partial charge in [0, 0.05) is 12.1 Å². The van der Waals surface area contributed by atoms with Crippen LogP contribution in [0.25, 0.3) is 0 Å². The lowest BCUT2D eigenvalue weighted by molar-refractivity contribution is 0.424. The van der Waals surface area contributed by atoms with Crippen LogP contribution >= 0.6 is 0 Å². The van der Waals surface area contributed by atoms with Gasteiger partial charge in [-0.2, -0.15) is 0 Å². The Kier molecular flexibility index (Phi) is 5.51. The molecular weight excluding hydrogens is 324 g/mol. The van der Waals surface area contributed by atoms with Gasteiger partial charge in [0.1, 0.15) is 5.69 Å². The first-order valence-corrected chi connectivity index (χ1v) is 9.34. The van der Waals surface area contributed by atoms with E-state index in [-0.39, 0.29) is 21.9 Å². The molecule has 6 heteroatoms. The molecule has 0 aromatic heterocycles. The molecule has 0 saturated carbocycles. The predicted molar refractivity (Wildman–Crippen MR) is 95.8 cm³/mol. The zero-order chi connectivity index (χ0) is 17.8. The standard InChI is InChI=1S/C18H22N2O3S/c1-18(2,3)19-12-14-9-10-15(17(11-14)20-21)13-24(22,23)16-7-5-4-6-8-16/h4-11,19H,12-13H2,1-3H3. The molecular formula is C18H22N2O3S. The van der Waals surface area contributed by atoms with Crippen molar-refractivity contribution in [2.75, 3.05) is 0 Å². The molecule has 0 spiro atoms. The molecule has 0 heterocycles. The second-order valence-electron chi connectivity index (χ2n) is 6.73. The van der Waals surface area contributed by atoms with E-state index in [1.54, 1.807) is 42.5 Å². The fraction of sp³-hybridized carbons (Fsp3) is 0.333. The van der Waals surface area contributed by atoms with E-state index in [0.29, 0.717) is 12.1 Å². The fourth-order valence-corrected chi connectivity index (χ4v) is 3.60. The van der Waals surface area contributed by atoms with Gasteiger partial charge < -0.3 is 5.32 Å². The van der Waals surface area contributed by atoms with Crippen molar-refractivity contribution in [2.24, 2.45) is 5.18 Å². The molecule has 24 heavy (non-hydrogen) atoms. The topological polar surface area (TPSA) is 75.6 Å². The number of hydrogen-bond acceptors (Lipinski definition) is 5. The van der Waals surface area contributed by atoms with E-state index in [1.165, 1.54) is 0 Å². The summed E-state index contributed by atoms with van der Waals surface area (Å²) in [6.45, 7) is 6.73. The summed E-state index contributed by atoms with van der Waals surface area (Å²) in [5.74, 6) is -0.245. The molecule has 0 aliphatic carbocycles. The van der Waals surface area contributed by atoms with E-state index in [0.717, 1.165) is 5.56 Å². The highest BCUT2D eigenvalue weighted by atomic mass is 32.2. The number of rotatable bonds is 6. The molecule has 0 unspecified atom stereocenters. The molecule has 0 aliphatic heterocycles. The maximum Gasteiger partial charge on any atom is 0.182 e. The Labute approximate surface area is 143 Å². The summed E-state index contributed by atoms with van der Waals surface area (Å²) in [5, 5.41) is 6.33. The van der Waals surface area contributed by atoms with Gasteiger partial charge in [-0.15, -0.1) is 4.91 Å². The Morgan fingerprint density at radius 2 is 1.71 bits per heavy atom. The summed E-state index contributed by atoms with van der Waals surface area (Å²) in [6, 6.07) is 13.3. The van der Waals surface area contributed by atoms with Crippen LogP contribution in [0, 0.1) is 4.91 Å². The van der Waals surface area contributed by atoms with Gasteiger partial charge in [0.2, 0.25) is 0 Å². The minimum atomic E-state index is -3.51. The largest absolute Gasteiger partial charge is 0.308 e. The van der Waals surface area contributed by atoms with E-state index in [2.05, 4.69) is 10.5 Å². The Morgan fingerprint density at radius 1 is 1.04 bits per heavy atom. The summed E-state index contributed by atoms with van der Waals surface area (Å²) in [5.41, 5.74) is 1.42. The summed E-state index contributed by atoms with van der Waals surface area (Å²) in [4.78, 5) is 11.4. The molecule has 0 radical (unpaired) electrons. The Hall–Kier alpha value is -2.05. The zero-order valence-corrected chi connectivity index (χ0v) is 14.9. The van der Waals surface area contributed by atoms with E-state index in [9.17, 15) is 13.3 Å². The van der Waals surface area contributed by atoms with Gasteiger partial charge in [-0.3, -0.25) is 0 Å². The Morgan fingerprint density at radius 3 is 2.29 bits per heavy atom. The number of nitroso groups, excluding NO2 is 1. The van der Waals surface area contributed by atoms with Crippen molar-refractivity contribution in [3.05, 3.63) is 64.6 Å². The molecule has 5 nitrogen and oxygen atoms in total. The second kappa shape index (κ2) is 7.23. The van der Waals surface area contributed by atoms with Crippen molar-refractivity contribution < 1.29 is 8.42 Å². The molecule has 0 saturated heterocycles. The minimum Gasteiger partial charge on any atom is -0.308 e. The third-order valence-electron chi connectivity index (χ3n) is 3.52. The van der Waals surface area contributed by atoms with Gasteiger partial charge in [0.25, 0.3) is 0 Å². The molecule has 0 amide bonds. The van der Waals surface area contributed by atoms with Crippen LogP contribution in [0.5, 0.6) is 0 Å². The molecule has 0 fully saturated rings. The quantitative estimate of drug-likeness (QED) is 0.804. The van der Waals surface area contributed by atoms with Gasteiger partial charge in [0.05, 0.1) is 10.6 Å². The summed E-state index contributed by atoms with van der Waals surface area (Å²) >= 11 is 0. The van der Waals surface area contributed by atoms with Gasteiger partial charge in [-0.05, 0) is 55.3 Å². The first-order valence-electron chi connectivity index (χ1n) is 7.69. The number of hydrogen-bond donors (Lipinski definition) is 1. The van der Waals surface area contributed by atoms with E-state index < -0.39 is 9.84 Å². The Bertz CT molecular complexity index is 810. The first kappa shape index (κ1) is 18.3. The van der Waals surface area contributed by atoms with E-state index in [4.69, 9.17) is 0 Å². The van der Waals surface area contributed by atoms with Crippen LogP contribution in [0.3, 0.4) is 0 Å². The Balaban J connectivity index is 2.24. The van der Waals surface area contributed by atoms with Gasteiger partial charge >= 0.3 is 0 Å². The van der Waals surface area contributed by atoms with Crippen molar-refractivity contribution in [1.82, 2.24) is 5.32 Å². The van der Waals surface area contributed by atoms with E-state index >= 15 is 0 Å². The van der Waals surface area contributed by atoms with Crippen LogP contribution in [-0.4, -0.2) is 14.0 Å². The third kappa shape index (κ3) is 4.97. The van der Waals surface area contributed by atoms with Gasteiger partial charge in [-0.1, -0.05) is 30.3 Å². The zero-order valence-electron chi connectivity index (χ0n) is 14.1. The van der Waals surface area contributed by atoms with Crippen LogP contribution in [0.4, 0.5) is 5.69 Å². The highest BCUT2D eigenvalue weighted by Gasteiger charge is 2.18. The third-order valence-corrected chi connectivity index (χ3v) is 5.20. The summed E-state index contributed by atoms with van der Waals surface area (Å²) in [6.07, 6.45) is 0. The van der Waals surface area contributed by atoms with Crippen molar-refractivity contribution >= 4 is 15.5 Å². The second-order valence-corrected chi connectivity index (χ2v) is 8.72. The van der Waals surface area contributed by atoms with Crippen LogP contribution in [0.2, 0.25) is 0 Å². The summed E-state index contributed by atoms with van der Waals surface area (Å²) in [7, 11) is -3.51. The number of sulfone groups is 1. The highest BCUT2D eigenvalue weighted by molar-refractivity contribution is 7.90. The number of nitrogens with zero attached hydrogens (tertiary/aromatic N) is 1. The molecule has 2 aromatic carbocycles. The van der Waals surface area contributed by atoms with Crippen molar-refractivity contribution in [3.8, 4) is 0 Å². The van der Waals surface area contributed by atoms with Crippen LogP contribution < -0.4 is 5.32 Å². The van der Waals surface area contributed by atoms with Crippen LogP contribution in [0.15, 0.2) is 58.6 Å². The lowest BCUT2D eigenvalue weighted by atomic mass is 10.1. The molecule has 2 rings (SSSR count). The molecule has 0 bridgehead atoms. The van der Waals surface area contributed by atoms with Crippen LogP contribution in [0.1, 0.15) is 31.9 Å². The maximum absolute atomic E-state index is 12.5. The average Bonchev–Trinajstić information content (AvgIpc) is 2.53. The fourth-order valence-electron chi connectivity index (χ4n) is 2.21. The average molecular weight is 346 g/mol. The lowest BCUT2D eigenvalue weighted by Crippen LogP contribution is -2.35. The number of benzene rings is 2. The molecule has 2 aromatic rings. The highest BCUT2D eigenvalue weighted by Crippen LogP contribution is 2.26. The monoisotopic (exact) mass is 346 g/mol. The van der Waals surface area contributed by atoms with Crippen LogP contribution in [-0.2, 0) is 22.1 Å². The van der Waals surface area contributed by atoms with E-state index in [1.807, 2.05) is 26.8 Å². The molecule has 0 aliphatic rings. The molecule has 128 valence electrons. The number of nitrogens with one attached hydrogen (secondary N) is 1. The van der Waals surface area contributed by atoms with Gasteiger partial charge in [0.15, 0.2) is 9.84 Å². The predicted octanol–water partition coefficient (Wildman–Crippen LogP) is 3.95. The van der Waals surface area contributed by atoms with Gasteiger partial charge in [-0.25, -0.2) is 8.42 Å². The van der Waals surface area contributed by atoms with Crippen molar-refractivity contribution in [1.29, 1.82) is 0 Å². The molecule has 1 N–H and O–H groups in total. The van der Waals surface area contributed by atoms with Crippen molar-refractivity contribution in [2.45, 2.75) is 43.5 Å². The SMILES string of the molecule is CC(C)(C)NCc1ccc(CS(=O)(=O)c2ccccc2)c(N=O)c1. The normalized spacial score (nSPS) is 12.1. The summed E-state index contributed by atoms with van der Waals surface area (Å²) < 4.78 is 24.9. The molecule has 0 atom stereocenters. The minimum absolute atomic E-state index is 0.0515. The maximum atomic E-state index is 12.5. The first-order chi connectivity index (χ1) is 11.2. The lowest BCUT2D eigenvalue weighted by Gasteiger charge is -2.20.